The number of aliphatic hydroxyl groups is 3. The summed E-state index contributed by atoms with van der Waals surface area (Å²) in [5, 5.41) is 32.3. The number of nitrogens with two attached hydrogens (primary N) is 2. The maximum atomic E-state index is 11.5. The first-order valence-electron chi connectivity index (χ1n) is 11.3. The van der Waals surface area contributed by atoms with Crippen LogP contribution in [0.25, 0.3) is 11.2 Å². The van der Waals surface area contributed by atoms with Gasteiger partial charge in [0.1, 0.15) is 23.8 Å². The average molecular weight is 477 g/mol. The highest BCUT2D eigenvalue weighted by atomic mass is 16.6. The first-order valence-corrected chi connectivity index (χ1v) is 11.3. The van der Waals surface area contributed by atoms with E-state index in [0.717, 1.165) is 11.1 Å². The second kappa shape index (κ2) is 8.58. The number of ether oxygens (including phenoxy) is 1. The SMILES string of the molecule is CC(C[C@@]1(n2cnc3c(N)nc(N)nc32)O[C@H](CO)[C@@H](O)[C@H]1O)(c1ccccc1)c1ccccc1. The summed E-state index contributed by atoms with van der Waals surface area (Å²) in [7, 11) is 0. The molecule has 1 saturated heterocycles. The Balaban J connectivity index is 1.76. The lowest BCUT2D eigenvalue weighted by Crippen LogP contribution is -2.50. The Kier molecular flexibility index (Phi) is 5.68. The minimum atomic E-state index is -1.57. The van der Waals surface area contributed by atoms with Gasteiger partial charge < -0.3 is 31.5 Å². The van der Waals surface area contributed by atoms with Crippen LogP contribution in [-0.2, 0) is 15.9 Å². The number of nitrogens with zero attached hydrogens (tertiary/aromatic N) is 4. The molecule has 4 atom stereocenters. The fourth-order valence-electron chi connectivity index (χ4n) is 5.15. The number of fused-ring (bicyclic) bond motifs is 1. The predicted octanol–water partition coefficient (Wildman–Crippen LogP) is 1.15. The van der Waals surface area contributed by atoms with Crippen molar-refractivity contribution < 1.29 is 20.1 Å². The molecule has 2 aromatic carbocycles. The first kappa shape index (κ1) is 23.2. The molecule has 3 heterocycles. The molecule has 7 N–H and O–H groups in total. The van der Waals surface area contributed by atoms with Crippen LogP contribution in [0.15, 0.2) is 67.0 Å². The second-order valence-corrected chi connectivity index (χ2v) is 9.11. The van der Waals surface area contributed by atoms with Gasteiger partial charge in [0.2, 0.25) is 5.95 Å². The summed E-state index contributed by atoms with van der Waals surface area (Å²) in [5.41, 5.74) is 12.1. The maximum absolute atomic E-state index is 11.5. The molecule has 0 radical (unpaired) electrons. The van der Waals surface area contributed by atoms with Crippen LogP contribution in [0.1, 0.15) is 24.5 Å². The average Bonchev–Trinajstić information content (AvgIpc) is 3.40. The van der Waals surface area contributed by atoms with Gasteiger partial charge in [-0.15, -0.1) is 0 Å². The molecule has 0 spiro atoms. The predicted molar refractivity (Wildman–Crippen MR) is 130 cm³/mol. The van der Waals surface area contributed by atoms with E-state index in [2.05, 4.69) is 15.0 Å². The Morgan fingerprint density at radius 1 is 1.00 bits per heavy atom. The van der Waals surface area contributed by atoms with E-state index >= 15 is 0 Å². The normalized spacial score (nSPS) is 24.7. The number of hydrogen-bond donors (Lipinski definition) is 5. The van der Waals surface area contributed by atoms with Gasteiger partial charge in [-0.2, -0.15) is 9.97 Å². The summed E-state index contributed by atoms with van der Waals surface area (Å²) < 4.78 is 7.87. The zero-order valence-corrected chi connectivity index (χ0v) is 19.2. The summed E-state index contributed by atoms with van der Waals surface area (Å²) in [5.74, 6) is 0.0227. The number of aromatic nitrogens is 4. The number of imidazole rings is 1. The summed E-state index contributed by atoms with van der Waals surface area (Å²) in [6.45, 7) is 1.56. The van der Waals surface area contributed by atoms with Crippen molar-refractivity contribution in [2.75, 3.05) is 18.1 Å². The third-order valence-corrected chi connectivity index (χ3v) is 6.98. The van der Waals surface area contributed by atoms with Crippen molar-refractivity contribution in [1.82, 2.24) is 19.5 Å². The van der Waals surface area contributed by atoms with Gasteiger partial charge in [0.25, 0.3) is 0 Å². The summed E-state index contributed by atoms with van der Waals surface area (Å²) in [6.07, 6.45) is -2.21. The Morgan fingerprint density at radius 2 is 1.60 bits per heavy atom. The lowest BCUT2D eigenvalue weighted by molar-refractivity contribution is -0.157. The molecule has 5 rings (SSSR count). The lowest BCUT2D eigenvalue weighted by Gasteiger charge is -2.42. The topological polar surface area (TPSA) is 166 Å². The van der Waals surface area contributed by atoms with E-state index in [0.29, 0.717) is 0 Å². The smallest absolute Gasteiger partial charge is 0.224 e. The van der Waals surface area contributed by atoms with Gasteiger partial charge in [0.05, 0.1) is 12.9 Å². The van der Waals surface area contributed by atoms with Gasteiger partial charge in [-0.1, -0.05) is 67.6 Å². The minimum absolute atomic E-state index is 0.0625. The molecule has 1 fully saturated rings. The third-order valence-electron chi connectivity index (χ3n) is 6.98. The number of aliphatic hydroxyl groups excluding tert-OH is 3. The van der Waals surface area contributed by atoms with Gasteiger partial charge >= 0.3 is 0 Å². The van der Waals surface area contributed by atoms with Crippen LogP contribution in [-0.4, -0.2) is 59.8 Å². The highest BCUT2D eigenvalue weighted by Gasteiger charge is 2.58. The Morgan fingerprint density at radius 3 is 2.14 bits per heavy atom. The van der Waals surface area contributed by atoms with E-state index in [1.807, 2.05) is 67.6 Å². The molecule has 1 aliphatic heterocycles. The molecule has 0 aliphatic carbocycles. The molecular weight excluding hydrogens is 448 g/mol. The van der Waals surface area contributed by atoms with E-state index < -0.39 is 36.1 Å². The molecular formula is C25H28N6O4. The molecule has 1 aliphatic rings. The maximum Gasteiger partial charge on any atom is 0.224 e. The van der Waals surface area contributed by atoms with E-state index in [-0.39, 0.29) is 29.4 Å². The lowest BCUT2D eigenvalue weighted by atomic mass is 9.70. The van der Waals surface area contributed by atoms with Crippen molar-refractivity contribution in [3.63, 3.8) is 0 Å². The Bertz CT molecular complexity index is 1290. The number of anilines is 2. The highest BCUT2D eigenvalue weighted by Crippen LogP contribution is 2.48. The molecule has 4 aromatic rings. The summed E-state index contributed by atoms with van der Waals surface area (Å²) in [4.78, 5) is 12.7. The molecule has 35 heavy (non-hydrogen) atoms. The highest BCUT2D eigenvalue weighted by molar-refractivity contribution is 5.82. The van der Waals surface area contributed by atoms with Crippen molar-refractivity contribution in [2.45, 2.75) is 42.8 Å². The fourth-order valence-corrected chi connectivity index (χ4v) is 5.15. The van der Waals surface area contributed by atoms with E-state index in [1.54, 1.807) is 4.57 Å². The molecule has 0 amide bonds. The molecule has 10 heteroatoms. The largest absolute Gasteiger partial charge is 0.394 e. The van der Waals surface area contributed by atoms with Crippen molar-refractivity contribution in [1.29, 1.82) is 0 Å². The number of benzene rings is 2. The first-order chi connectivity index (χ1) is 16.8. The molecule has 182 valence electrons. The van der Waals surface area contributed by atoms with E-state index in [9.17, 15) is 15.3 Å². The van der Waals surface area contributed by atoms with E-state index in [4.69, 9.17) is 16.2 Å². The van der Waals surface area contributed by atoms with Gasteiger partial charge in [-0.05, 0) is 11.1 Å². The van der Waals surface area contributed by atoms with Gasteiger partial charge in [0.15, 0.2) is 17.2 Å². The van der Waals surface area contributed by atoms with Crippen molar-refractivity contribution in [3.05, 3.63) is 78.1 Å². The molecule has 10 nitrogen and oxygen atoms in total. The van der Waals surface area contributed by atoms with Crippen molar-refractivity contribution >= 4 is 22.9 Å². The van der Waals surface area contributed by atoms with Crippen LogP contribution in [0.5, 0.6) is 0 Å². The monoisotopic (exact) mass is 476 g/mol. The molecule has 0 unspecified atom stereocenters. The van der Waals surface area contributed by atoms with Crippen LogP contribution in [0.2, 0.25) is 0 Å². The zero-order valence-electron chi connectivity index (χ0n) is 19.2. The molecule has 0 bridgehead atoms. The molecule has 0 saturated carbocycles. The zero-order chi connectivity index (χ0) is 24.8. The van der Waals surface area contributed by atoms with Crippen LogP contribution in [0, 0.1) is 0 Å². The standard InChI is InChI=1S/C25H28N6O4/c1-24(15-8-4-2-5-9-15,16-10-6-3-7-11-16)13-25(20(34)19(33)17(12-32)35-25)31-14-28-18-21(26)29-23(27)30-22(18)31/h2-11,14,17,19-20,32-34H,12-13H2,1H3,(H4,26,27,29,30)/t17-,19-,20-,25-/m1/s1. The minimum Gasteiger partial charge on any atom is -0.394 e. The third kappa shape index (κ3) is 3.62. The second-order valence-electron chi connectivity index (χ2n) is 9.11. The fraction of sp³-hybridized carbons (Fsp3) is 0.320. The van der Waals surface area contributed by atoms with Gasteiger partial charge in [-0.25, -0.2) is 4.98 Å². The molecule has 2 aromatic heterocycles. The van der Waals surface area contributed by atoms with Crippen LogP contribution >= 0.6 is 0 Å². The van der Waals surface area contributed by atoms with Crippen LogP contribution in [0.3, 0.4) is 0 Å². The summed E-state index contributed by atoms with van der Waals surface area (Å²) >= 11 is 0. The van der Waals surface area contributed by atoms with E-state index in [1.165, 1.54) is 6.33 Å². The van der Waals surface area contributed by atoms with Gasteiger partial charge in [-0.3, -0.25) is 4.57 Å². The number of nitrogen functional groups attached to an aromatic ring is 2. The van der Waals surface area contributed by atoms with Crippen molar-refractivity contribution in [2.24, 2.45) is 0 Å². The number of rotatable bonds is 6. The number of hydrogen-bond acceptors (Lipinski definition) is 9. The Hall–Kier alpha value is -3.57. The quantitative estimate of drug-likeness (QED) is 0.274. The van der Waals surface area contributed by atoms with Crippen LogP contribution in [0.4, 0.5) is 11.8 Å². The summed E-state index contributed by atoms with van der Waals surface area (Å²) in [6, 6.07) is 19.7. The van der Waals surface area contributed by atoms with Crippen molar-refractivity contribution in [3.8, 4) is 0 Å². The van der Waals surface area contributed by atoms with Crippen LogP contribution < -0.4 is 11.5 Å². The Labute approximate surface area is 201 Å². The van der Waals surface area contributed by atoms with Gasteiger partial charge in [0, 0.05) is 11.8 Å².